The van der Waals surface area contributed by atoms with Crippen molar-refractivity contribution in [3.63, 3.8) is 0 Å². The molecule has 0 radical (unpaired) electrons. The van der Waals surface area contributed by atoms with Crippen molar-refractivity contribution in [3.05, 3.63) is 77.9 Å². The second-order valence-electron chi connectivity index (χ2n) is 7.57. The van der Waals surface area contributed by atoms with Crippen molar-refractivity contribution in [2.75, 3.05) is 6.54 Å². The predicted octanol–water partition coefficient (Wildman–Crippen LogP) is 1.78. The molecule has 2 atom stereocenters. The van der Waals surface area contributed by atoms with Gasteiger partial charge in [-0.05, 0) is 17.2 Å². The van der Waals surface area contributed by atoms with Gasteiger partial charge in [0.25, 0.3) is 5.91 Å². The zero-order valence-corrected chi connectivity index (χ0v) is 16.9. The maximum atomic E-state index is 14.1. The highest BCUT2D eigenvalue weighted by atomic mass is 19.1. The van der Waals surface area contributed by atoms with Gasteiger partial charge < -0.3 is 10.2 Å². The number of hydrogen-bond donors (Lipinski definition) is 1. The van der Waals surface area contributed by atoms with Gasteiger partial charge in [-0.1, -0.05) is 41.6 Å². The lowest BCUT2D eigenvalue weighted by Gasteiger charge is -2.24. The molecule has 0 aliphatic carbocycles. The highest BCUT2D eigenvalue weighted by Gasteiger charge is 2.35. The Morgan fingerprint density at radius 3 is 2.71 bits per heavy atom. The third-order valence-electron chi connectivity index (χ3n) is 5.23. The molecule has 3 heterocycles. The molecule has 9 heteroatoms. The summed E-state index contributed by atoms with van der Waals surface area (Å²) in [6, 6.07) is 12.8. The molecule has 1 N–H and O–H groups in total. The Balaban J connectivity index is 1.36. The van der Waals surface area contributed by atoms with Gasteiger partial charge in [0.2, 0.25) is 5.91 Å². The smallest absolute Gasteiger partial charge is 0.273 e. The minimum Gasteiger partial charge on any atom is -0.347 e. The molecule has 0 bridgehead atoms. The molecule has 0 unspecified atom stereocenters. The van der Waals surface area contributed by atoms with E-state index in [4.69, 9.17) is 0 Å². The largest absolute Gasteiger partial charge is 0.347 e. The highest BCUT2D eigenvalue weighted by molar-refractivity contribution is 5.91. The standard InChI is InChI=1S/C22H23FN6O2/c23-18-10-19(29(13-18)21(30)9-17-7-4-8-24-11-17)14-28-15-20(26-27-28)22(31)25-12-16-5-2-1-3-6-16/h1-8,11,15,18-19H,9-10,12-14H2,(H,25,31)/t18-,19-/m0/s1. The molecule has 4 rings (SSSR count). The van der Waals surface area contributed by atoms with E-state index < -0.39 is 6.17 Å². The Kier molecular flexibility index (Phi) is 6.30. The third-order valence-corrected chi connectivity index (χ3v) is 5.23. The van der Waals surface area contributed by atoms with E-state index in [2.05, 4.69) is 20.6 Å². The van der Waals surface area contributed by atoms with Gasteiger partial charge in [-0.3, -0.25) is 14.6 Å². The molecule has 2 aromatic heterocycles. The molecule has 8 nitrogen and oxygen atoms in total. The van der Waals surface area contributed by atoms with Gasteiger partial charge in [-0.2, -0.15) is 0 Å². The number of carbonyl (C=O) groups excluding carboxylic acids is 2. The van der Waals surface area contributed by atoms with E-state index in [1.807, 2.05) is 36.4 Å². The quantitative estimate of drug-likeness (QED) is 0.627. The first-order chi connectivity index (χ1) is 15.1. The molecule has 31 heavy (non-hydrogen) atoms. The first-order valence-corrected chi connectivity index (χ1v) is 10.1. The average molecular weight is 422 g/mol. The first kappa shape index (κ1) is 20.6. The minimum absolute atomic E-state index is 0.0584. The van der Waals surface area contributed by atoms with E-state index in [-0.39, 0.29) is 49.5 Å². The predicted molar refractivity (Wildman–Crippen MR) is 111 cm³/mol. The van der Waals surface area contributed by atoms with Crippen molar-refractivity contribution in [2.24, 2.45) is 0 Å². The number of hydrogen-bond acceptors (Lipinski definition) is 5. The molecule has 3 aromatic rings. The number of nitrogens with one attached hydrogen (secondary N) is 1. The van der Waals surface area contributed by atoms with Crippen LogP contribution in [0.5, 0.6) is 0 Å². The summed E-state index contributed by atoms with van der Waals surface area (Å²) in [6.07, 6.45) is 4.11. The zero-order valence-electron chi connectivity index (χ0n) is 16.9. The molecule has 0 saturated carbocycles. The van der Waals surface area contributed by atoms with Crippen LogP contribution in [0.3, 0.4) is 0 Å². The molecule has 0 spiro atoms. The van der Waals surface area contributed by atoms with Gasteiger partial charge in [0.1, 0.15) is 6.17 Å². The SMILES string of the molecule is O=C(NCc1ccccc1)c1cn(C[C@@H]2C[C@H](F)CN2C(=O)Cc2cccnc2)nn1. The Morgan fingerprint density at radius 2 is 1.94 bits per heavy atom. The number of likely N-dealkylation sites (tertiary alicyclic amines) is 1. The number of carbonyl (C=O) groups is 2. The van der Waals surface area contributed by atoms with Crippen molar-refractivity contribution >= 4 is 11.8 Å². The van der Waals surface area contributed by atoms with Crippen LogP contribution in [0, 0.1) is 0 Å². The van der Waals surface area contributed by atoms with Gasteiger partial charge in [-0.15, -0.1) is 5.10 Å². The summed E-state index contributed by atoms with van der Waals surface area (Å²) in [5, 5.41) is 10.7. The minimum atomic E-state index is -1.08. The second-order valence-corrected chi connectivity index (χ2v) is 7.57. The van der Waals surface area contributed by atoms with Crippen molar-refractivity contribution in [1.82, 2.24) is 30.2 Å². The monoisotopic (exact) mass is 422 g/mol. The summed E-state index contributed by atoms with van der Waals surface area (Å²) in [5.41, 5.74) is 1.94. The Labute approximate surface area is 179 Å². The number of alkyl halides is 1. The van der Waals surface area contributed by atoms with E-state index in [9.17, 15) is 14.0 Å². The van der Waals surface area contributed by atoms with Crippen LogP contribution >= 0.6 is 0 Å². The lowest BCUT2D eigenvalue weighted by atomic mass is 10.1. The fourth-order valence-electron chi connectivity index (χ4n) is 3.69. The number of amides is 2. The number of aromatic nitrogens is 4. The Morgan fingerprint density at radius 1 is 1.13 bits per heavy atom. The van der Waals surface area contributed by atoms with Gasteiger partial charge in [-0.25, -0.2) is 9.07 Å². The van der Waals surface area contributed by atoms with E-state index in [0.29, 0.717) is 6.54 Å². The van der Waals surface area contributed by atoms with Crippen LogP contribution < -0.4 is 5.32 Å². The Hall–Kier alpha value is -3.62. The Bertz CT molecular complexity index is 1030. The van der Waals surface area contributed by atoms with Crippen LogP contribution in [0.2, 0.25) is 0 Å². The van der Waals surface area contributed by atoms with E-state index in [1.54, 1.807) is 23.4 Å². The van der Waals surface area contributed by atoms with Gasteiger partial charge in [0.05, 0.1) is 31.7 Å². The fourth-order valence-corrected chi connectivity index (χ4v) is 3.69. The number of nitrogens with zero attached hydrogens (tertiary/aromatic N) is 5. The maximum absolute atomic E-state index is 14.1. The maximum Gasteiger partial charge on any atom is 0.273 e. The van der Waals surface area contributed by atoms with Crippen molar-refractivity contribution in [2.45, 2.75) is 38.1 Å². The zero-order chi connectivity index (χ0) is 21.6. The molecular formula is C22H23FN6O2. The van der Waals surface area contributed by atoms with Crippen LogP contribution in [0.4, 0.5) is 4.39 Å². The average Bonchev–Trinajstić information content (AvgIpc) is 3.40. The van der Waals surface area contributed by atoms with Crippen LogP contribution in [0.15, 0.2) is 61.1 Å². The van der Waals surface area contributed by atoms with Gasteiger partial charge in [0.15, 0.2) is 5.69 Å². The second kappa shape index (κ2) is 9.46. The molecule has 1 aromatic carbocycles. The highest BCUT2D eigenvalue weighted by Crippen LogP contribution is 2.23. The lowest BCUT2D eigenvalue weighted by molar-refractivity contribution is -0.131. The van der Waals surface area contributed by atoms with E-state index in [0.717, 1.165) is 11.1 Å². The summed E-state index contributed by atoms with van der Waals surface area (Å²) in [7, 11) is 0. The topological polar surface area (TPSA) is 93.0 Å². The van der Waals surface area contributed by atoms with Crippen LogP contribution in [-0.4, -0.2) is 55.5 Å². The summed E-state index contributed by atoms with van der Waals surface area (Å²) in [5.74, 6) is -0.492. The lowest BCUT2D eigenvalue weighted by Crippen LogP contribution is -2.39. The van der Waals surface area contributed by atoms with Crippen molar-refractivity contribution in [1.29, 1.82) is 0 Å². The molecule has 160 valence electrons. The van der Waals surface area contributed by atoms with Crippen LogP contribution in [0.25, 0.3) is 0 Å². The summed E-state index contributed by atoms with van der Waals surface area (Å²) < 4.78 is 15.6. The molecular weight excluding hydrogens is 399 g/mol. The number of rotatable bonds is 7. The fraction of sp³-hybridized carbons (Fsp3) is 0.318. The number of benzene rings is 1. The molecule has 1 fully saturated rings. The summed E-state index contributed by atoms with van der Waals surface area (Å²) in [4.78, 5) is 30.6. The molecule has 1 saturated heterocycles. The summed E-state index contributed by atoms with van der Waals surface area (Å²) >= 11 is 0. The van der Waals surface area contributed by atoms with Gasteiger partial charge in [0, 0.05) is 25.4 Å². The first-order valence-electron chi connectivity index (χ1n) is 10.1. The van der Waals surface area contributed by atoms with Crippen molar-refractivity contribution < 1.29 is 14.0 Å². The van der Waals surface area contributed by atoms with E-state index in [1.165, 1.54) is 10.9 Å². The van der Waals surface area contributed by atoms with E-state index >= 15 is 0 Å². The summed E-state index contributed by atoms with van der Waals surface area (Å²) in [6.45, 7) is 0.719. The van der Waals surface area contributed by atoms with Crippen LogP contribution in [-0.2, 0) is 24.3 Å². The molecule has 1 aliphatic heterocycles. The van der Waals surface area contributed by atoms with Crippen LogP contribution in [0.1, 0.15) is 28.0 Å². The molecule has 1 aliphatic rings. The number of halogens is 1. The third kappa shape index (κ3) is 5.30. The van der Waals surface area contributed by atoms with Gasteiger partial charge >= 0.3 is 0 Å². The molecule has 2 amide bonds. The normalized spacial score (nSPS) is 18.2. The van der Waals surface area contributed by atoms with Crippen molar-refractivity contribution in [3.8, 4) is 0 Å². The number of pyridine rings is 1.